The van der Waals surface area contributed by atoms with Crippen LogP contribution in [0.4, 0.5) is 4.39 Å². The van der Waals surface area contributed by atoms with Gasteiger partial charge in [-0.2, -0.15) is 0 Å². The minimum absolute atomic E-state index is 0. The Morgan fingerprint density at radius 3 is 2.27 bits per heavy atom. The largest absolute Gasteiger partial charge is 0.379 e. The van der Waals surface area contributed by atoms with Crippen molar-refractivity contribution >= 4 is 30.7 Å². The summed E-state index contributed by atoms with van der Waals surface area (Å²) in [6.07, 6.45) is 0. The Kier molecular flexibility index (Phi) is 10.7. The topological polar surface area (TPSA) is 67.6 Å². The van der Waals surface area contributed by atoms with Crippen molar-refractivity contribution in [2.24, 2.45) is 11.1 Å². The molecule has 0 aliphatic carbocycles. The van der Waals surface area contributed by atoms with Crippen molar-refractivity contribution in [2.75, 3.05) is 32.8 Å². The smallest absolute Gasteiger partial charge is 0.237 e. The fraction of sp³-hybridized carbons (Fsp3) is 0.611. The Morgan fingerprint density at radius 2 is 1.77 bits per heavy atom. The van der Waals surface area contributed by atoms with Crippen LogP contribution in [0.25, 0.3) is 0 Å². The number of nitrogens with zero attached hydrogens (tertiary/aromatic N) is 1. The third-order valence-corrected chi connectivity index (χ3v) is 4.43. The molecule has 2 atom stereocenters. The number of carbonyl (C=O) groups excluding carboxylic acids is 1. The predicted molar refractivity (Wildman–Crippen MR) is 106 cm³/mol. The van der Waals surface area contributed by atoms with E-state index in [9.17, 15) is 9.18 Å². The zero-order chi connectivity index (χ0) is 17.7. The van der Waals surface area contributed by atoms with Crippen molar-refractivity contribution in [3.8, 4) is 0 Å². The van der Waals surface area contributed by atoms with Gasteiger partial charge in [-0.3, -0.25) is 9.69 Å². The standard InChI is InChI=1S/C18H28FN3O2.2ClH/c1-18(2,3)16(20)17(23)21-12-15(22-8-10-24-11-9-22)13-4-6-14(19)7-5-13;;/h4-7,15-16H,8-12,20H2,1-3H3,(H,21,23);2*1H/t15?,16-;;/m1../s1. The van der Waals surface area contributed by atoms with Crippen molar-refractivity contribution in [1.29, 1.82) is 0 Å². The van der Waals surface area contributed by atoms with E-state index >= 15 is 0 Å². The maximum atomic E-state index is 13.2. The molecule has 8 heteroatoms. The molecule has 2 rings (SSSR count). The second kappa shape index (κ2) is 11.0. The van der Waals surface area contributed by atoms with E-state index in [1.807, 2.05) is 20.8 Å². The second-order valence-electron chi connectivity index (χ2n) is 7.30. The highest BCUT2D eigenvalue weighted by molar-refractivity contribution is 5.85. The van der Waals surface area contributed by atoms with Gasteiger partial charge in [-0.25, -0.2) is 4.39 Å². The summed E-state index contributed by atoms with van der Waals surface area (Å²) in [6.45, 7) is 9.14. The number of rotatable bonds is 5. The number of benzene rings is 1. The van der Waals surface area contributed by atoms with Gasteiger partial charge >= 0.3 is 0 Å². The van der Waals surface area contributed by atoms with E-state index in [4.69, 9.17) is 10.5 Å². The molecule has 1 unspecified atom stereocenters. The van der Waals surface area contributed by atoms with Crippen LogP contribution in [0.2, 0.25) is 0 Å². The van der Waals surface area contributed by atoms with Crippen LogP contribution in [0, 0.1) is 11.2 Å². The van der Waals surface area contributed by atoms with Crippen molar-refractivity contribution in [2.45, 2.75) is 32.9 Å². The molecular formula is C18H30Cl2FN3O2. The molecule has 1 amide bonds. The van der Waals surface area contributed by atoms with Gasteiger partial charge in [0, 0.05) is 19.6 Å². The van der Waals surface area contributed by atoms with Gasteiger partial charge in [0.05, 0.1) is 25.3 Å². The highest BCUT2D eigenvalue weighted by Gasteiger charge is 2.29. The first-order chi connectivity index (χ1) is 11.3. The number of nitrogens with two attached hydrogens (primary N) is 1. The summed E-state index contributed by atoms with van der Waals surface area (Å²) in [7, 11) is 0. The Bertz CT molecular complexity index is 546. The highest BCUT2D eigenvalue weighted by Crippen LogP contribution is 2.22. The fourth-order valence-corrected chi connectivity index (χ4v) is 2.73. The molecule has 150 valence electrons. The van der Waals surface area contributed by atoms with Gasteiger partial charge in [0.1, 0.15) is 5.82 Å². The third kappa shape index (κ3) is 7.00. The van der Waals surface area contributed by atoms with Crippen LogP contribution in [0.5, 0.6) is 0 Å². The van der Waals surface area contributed by atoms with E-state index in [0.717, 1.165) is 18.7 Å². The monoisotopic (exact) mass is 409 g/mol. The zero-order valence-corrected chi connectivity index (χ0v) is 17.2. The first-order valence-corrected chi connectivity index (χ1v) is 8.39. The predicted octanol–water partition coefficient (Wildman–Crippen LogP) is 2.53. The lowest BCUT2D eigenvalue weighted by atomic mass is 9.87. The number of ether oxygens (including phenoxy) is 1. The van der Waals surface area contributed by atoms with Gasteiger partial charge in [-0.05, 0) is 23.1 Å². The lowest BCUT2D eigenvalue weighted by molar-refractivity contribution is -0.124. The van der Waals surface area contributed by atoms with E-state index in [1.54, 1.807) is 12.1 Å². The molecule has 0 saturated carbocycles. The van der Waals surface area contributed by atoms with Crippen molar-refractivity contribution in [1.82, 2.24) is 10.2 Å². The molecule has 0 radical (unpaired) electrons. The van der Waals surface area contributed by atoms with E-state index in [-0.39, 0.29) is 48.0 Å². The number of morpholine rings is 1. The molecular weight excluding hydrogens is 380 g/mol. The van der Waals surface area contributed by atoms with Crippen LogP contribution < -0.4 is 11.1 Å². The van der Waals surface area contributed by atoms with Gasteiger partial charge in [0.15, 0.2) is 0 Å². The second-order valence-corrected chi connectivity index (χ2v) is 7.30. The number of hydrogen-bond acceptors (Lipinski definition) is 4. The Hall–Kier alpha value is -0.920. The molecule has 1 heterocycles. The summed E-state index contributed by atoms with van der Waals surface area (Å²) in [6, 6.07) is 5.84. The highest BCUT2D eigenvalue weighted by atomic mass is 35.5. The van der Waals surface area contributed by atoms with Crippen molar-refractivity contribution < 1.29 is 13.9 Å². The Morgan fingerprint density at radius 1 is 1.23 bits per heavy atom. The Labute approximate surface area is 167 Å². The van der Waals surface area contributed by atoms with Gasteiger partial charge in [-0.15, -0.1) is 24.8 Å². The van der Waals surface area contributed by atoms with Crippen molar-refractivity contribution in [3.63, 3.8) is 0 Å². The lowest BCUT2D eigenvalue weighted by Gasteiger charge is -2.35. The molecule has 0 spiro atoms. The van der Waals surface area contributed by atoms with E-state index in [1.165, 1.54) is 12.1 Å². The zero-order valence-electron chi connectivity index (χ0n) is 15.5. The van der Waals surface area contributed by atoms with Crippen LogP contribution in [0.3, 0.4) is 0 Å². The maximum Gasteiger partial charge on any atom is 0.237 e. The van der Waals surface area contributed by atoms with Crippen LogP contribution in [0.1, 0.15) is 32.4 Å². The third-order valence-electron chi connectivity index (χ3n) is 4.43. The van der Waals surface area contributed by atoms with Gasteiger partial charge in [-0.1, -0.05) is 32.9 Å². The first kappa shape index (κ1) is 25.1. The summed E-state index contributed by atoms with van der Waals surface area (Å²) in [5, 5.41) is 2.96. The average Bonchev–Trinajstić information content (AvgIpc) is 2.56. The van der Waals surface area contributed by atoms with E-state index in [0.29, 0.717) is 19.8 Å². The molecule has 0 bridgehead atoms. The number of amides is 1. The van der Waals surface area contributed by atoms with E-state index in [2.05, 4.69) is 10.2 Å². The number of halogens is 3. The summed E-state index contributed by atoms with van der Waals surface area (Å²) in [4.78, 5) is 14.6. The number of carbonyl (C=O) groups is 1. The number of nitrogens with one attached hydrogen (secondary N) is 1. The SMILES string of the molecule is CC(C)(C)[C@H](N)C(=O)NCC(c1ccc(F)cc1)N1CCOCC1.Cl.Cl. The molecule has 26 heavy (non-hydrogen) atoms. The first-order valence-electron chi connectivity index (χ1n) is 8.39. The molecule has 1 fully saturated rings. The normalized spacial score (nSPS) is 17.4. The average molecular weight is 410 g/mol. The number of hydrogen-bond donors (Lipinski definition) is 2. The molecule has 1 aliphatic heterocycles. The maximum absolute atomic E-state index is 13.2. The van der Waals surface area contributed by atoms with Gasteiger partial charge in [0.25, 0.3) is 0 Å². The quantitative estimate of drug-likeness (QED) is 0.783. The van der Waals surface area contributed by atoms with Gasteiger partial charge in [0.2, 0.25) is 5.91 Å². The minimum Gasteiger partial charge on any atom is -0.379 e. The molecule has 1 saturated heterocycles. The lowest BCUT2D eigenvalue weighted by Crippen LogP contribution is -2.51. The minimum atomic E-state index is -0.573. The van der Waals surface area contributed by atoms with Crippen molar-refractivity contribution in [3.05, 3.63) is 35.6 Å². The molecule has 1 aromatic carbocycles. The molecule has 5 nitrogen and oxygen atoms in total. The van der Waals surface area contributed by atoms with Crippen LogP contribution >= 0.6 is 24.8 Å². The van der Waals surface area contributed by atoms with Crippen LogP contribution in [-0.4, -0.2) is 49.7 Å². The summed E-state index contributed by atoms with van der Waals surface area (Å²) >= 11 is 0. The molecule has 1 aliphatic rings. The van der Waals surface area contributed by atoms with Crippen LogP contribution in [-0.2, 0) is 9.53 Å². The molecule has 3 N–H and O–H groups in total. The summed E-state index contributed by atoms with van der Waals surface area (Å²) in [5.41, 5.74) is 6.70. The Balaban J connectivity index is 0.00000312. The van der Waals surface area contributed by atoms with Crippen LogP contribution in [0.15, 0.2) is 24.3 Å². The van der Waals surface area contributed by atoms with Gasteiger partial charge < -0.3 is 15.8 Å². The molecule has 1 aromatic rings. The van der Waals surface area contributed by atoms with E-state index < -0.39 is 6.04 Å². The summed E-state index contributed by atoms with van der Waals surface area (Å²) in [5.74, 6) is -0.430. The summed E-state index contributed by atoms with van der Waals surface area (Å²) < 4.78 is 18.6. The fourth-order valence-electron chi connectivity index (χ4n) is 2.73. The molecule has 0 aromatic heterocycles.